The van der Waals surface area contributed by atoms with Crippen molar-refractivity contribution in [2.75, 3.05) is 13.1 Å². The van der Waals surface area contributed by atoms with E-state index in [4.69, 9.17) is 0 Å². The van der Waals surface area contributed by atoms with Gasteiger partial charge in [0.1, 0.15) is 6.54 Å². The van der Waals surface area contributed by atoms with E-state index in [0.29, 0.717) is 13.0 Å². The van der Waals surface area contributed by atoms with E-state index in [1.165, 1.54) is 0 Å². The summed E-state index contributed by atoms with van der Waals surface area (Å²) in [5, 5.41) is 3.82. The van der Waals surface area contributed by atoms with E-state index in [1.807, 2.05) is 30.5 Å². The van der Waals surface area contributed by atoms with Crippen LogP contribution in [0.1, 0.15) is 31.2 Å². The van der Waals surface area contributed by atoms with Gasteiger partial charge in [-0.1, -0.05) is 31.0 Å². The number of H-pyrrole nitrogens is 1. The fraction of sp³-hybridized carbons (Fsp3) is 0.400. The second-order valence-electron chi connectivity index (χ2n) is 7.25. The fourth-order valence-electron chi connectivity index (χ4n) is 4.02. The van der Waals surface area contributed by atoms with Crippen LogP contribution < -0.4 is 5.32 Å². The predicted molar refractivity (Wildman–Crippen MR) is 101 cm³/mol. The van der Waals surface area contributed by atoms with Gasteiger partial charge in [-0.3, -0.25) is 19.3 Å². The van der Waals surface area contributed by atoms with Crippen molar-refractivity contribution >= 4 is 34.7 Å². The van der Waals surface area contributed by atoms with Gasteiger partial charge in [0.2, 0.25) is 5.91 Å². The van der Waals surface area contributed by atoms with Crippen molar-refractivity contribution < 1.29 is 19.2 Å². The number of urea groups is 1. The molecule has 1 aromatic heterocycles. The van der Waals surface area contributed by atoms with Gasteiger partial charge >= 0.3 is 17.8 Å². The lowest BCUT2D eigenvalue weighted by molar-refractivity contribution is -0.144. The predicted octanol–water partition coefficient (Wildman–Crippen LogP) is 1.56. The highest BCUT2D eigenvalue weighted by atomic mass is 16.2. The first-order valence-electron chi connectivity index (χ1n) is 9.57. The summed E-state index contributed by atoms with van der Waals surface area (Å²) in [6.07, 6.45) is 5.83. The molecule has 5 amide bonds. The van der Waals surface area contributed by atoms with Gasteiger partial charge in [0.25, 0.3) is 0 Å². The third-order valence-electron chi connectivity index (χ3n) is 5.47. The fourth-order valence-corrected chi connectivity index (χ4v) is 4.02. The maximum atomic E-state index is 12.5. The highest BCUT2D eigenvalue weighted by Gasteiger charge is 2.48. The Labute approximate surface area is 161 Å². The van der Waals surface area contributed by atoms with Crippen LogP contribution in [-0.2, 0) is 20.8 Å². The largest absolute Gasteiger partial charge is 0.361 e. The van der Waals surface area contributed by atoms with Gasteiger partial charge in [-0.25, -0.2) is 9.69 Å². The Hall–Kier alpha value is -3.16. The monoisotopic (exact) mass is 382 g/mol. The van der Waals surface area contributed by atoms with Crippen LogP contribution in [-0.4, -0.2) is 57.7 Å². The van der Waals surface area contributed by atoms with E-state index in [2.05, 4.69) is 10.3 Å². The number of hydrogen-bond acceptors (Lipinski definition) is 4. The van der Waals surface area contributed by atoms with Gasteiger partial charge in [-0.2, -0.15) is 0 Å². The number of carbonyl (C=O) groups is 4. The van der Waals surface area contributed by atoms with E-state index >= 15 is 0 Å². The van der Waals surface area contributed by atoms with Gasteiger partial charge in [0, 0.05) is 29.7 Å². The lowest BCUT2D eigenvalue weighted by Gasteiger charge is -2.20. The molecule has 1 aromatic carbocycles. The number of aromatic nitrogens is 1. The summed E-state index contributed by atoms with van der Waals surface area (Å²) in [7, 11) is 0. The summed E-state index contributed by atoms with van der Waals surface area (Å²) < 4.78 is 0. The smallest absolute Gasteiger partial charge is 0.334 e. The van der Waals surface area contributed by atoms with E-state index in [0.717, 1.165) is 51.9 Å². The zero-order valence-electron chi connectivity index (χ0n) is 15.4. The molecular weight excluding hydrogens is 360 g/mol. The number of aromatic amines is 1. The molecule has 4 rings (SSSR count). The number of hydrogen-bond donors (Lipinski definition) is 2. The van der Waals surface area contributed by atoms with Crippen molar-refractivity contribution in [1.82, 2.24) is 20.1 Å². The third kappa shape index (κ3) is 3.26. The van der Waals surface area contributed by atoms with E-state index in [9.17, 15) is 19.2 Å². The van der Waals surface area contributed by atoms with Crippen LogP contribution in [0.2, 0.25) is 0 Å². The summed E-state index contributed by atoms with van der Waals surface area (Å²) >= 11 is 0. The number of nitrogens with zero attached hydrogens (tertiary/aromatic N) is 2. The van der Waals surface area contributed by atoms with Crippen molar-refractivity contribution in [3.8, 4) is 0 Å². The molecule has 0 spiro atoms. The second kappa shape index (κ2) is 7.46. The van der Waals surface area contributed by atoms with Crippen molar-refractivity contribution in [2.24, 2.45) is 0 Å². The molecule has 2 N–H and O–H groups in total. The number of rotatable bonds is 6. The van der Waals surface area contributed by atoms with Gasteiger partial charge in [-0.05, 0) is 30.9 Å². The maximum absolute atomic E-state index is 12.5. The zero-order valence-corrected chi connectivity index (χ0v) is 15.4. The van der Waals surface area contributed by atoms with Crippen LogP contribution in [0.15, 0.2) is 30.5 Å². The lowest BCUT2D eigenvalue weighted by Crippen LogP contribution is -2.43. The van der Waals surface area contributed by atoms with E-state index < -0.39 is 30.3 Å². The number of para-hydroxylation sites is 1. The molecule has 0 unspecified atom stereocenters. The summed E-state index contributed by atoms with van der Waals surface area (Å²) in [5.41, 5.74) is 2.11. The lowest BCUT2D eigenvalue weighted by atomic mass is 10.1. The summed E-state index contributed by atoms with van der Waals surface area (Å²) in [6.45, 7) is -0.0578. The molecule has 28 heavy (non-hydrogen) atoms. The number of fused-ring (bicyclic) bond motifs is 1. The van der Waals surface area contributed by atoms with Crippen molar-refractivity contribution in [3.05, 3.63) is 36.0 Å². The molecule has 1 saturated heterocycles. The van der Waals surface area contributed by atoms with Gasteiger partial charge in [-0.15, -0.1) is 0 Å². The number of benzene rings is 1. The molecule has 0 radical (unpaired) electrons. The Morgan fingerprint density at radius 3 is 2.64 bits per heavy atom. The minimum Gasteiger partial charge on any atom is -0.361 e. The third-order valence-corrected chi connectivity index (χ3v) is 5.47. The number of nitrogens with one attached hydrogen (secondary N) is 2. The first kappa shape index (κ1) is 18.2. The summed E-state index contributed by atoms with van der Waals surface area (Å²) in [5.74, 6) is -2.19. The van der Waals surface area contributed by atoms with E-state index in [-0.39, 0.29) is 6.04 Å². The van der Waals surface area contributed by atoms with Gasteiger partial charge in [0.15, 0.2) is 0 Å². The molecule has 8 heteroatoms. The van der Waals surface area contributed by atoms with Crippen molar-refractivity contribution in [2.45, 2.75) is 38.1 Å². The zero-order chi connectivity index (χ0) is 19.7. The maximum Gasteiger partial charge on any atom is 0.334 e. The minimum absolute atomic E-state index is 0.223. The Bertz CT molecular complexity index is 945. The summed E-state index contributed by atoms with van der Waals surface area (Å²) in [4.78, 5) is 54.0. The molecule has 8 nitrogen and oxygen atoms in total. The van der Waals surface area contributed by atoms with Crippen LogP contribution in [0.3, 0.4) is 0 Å². The first-order chi connectivity index (χ1) is 13.6. The average Bonchev–Trinajstić information content (AvgIpc) is 3.39. The van der Waals surface area contributed by atoms with Crippen LogP contribution >= 0.6 is 0 Å². The average molecular weight is 382 g/mol. The summed E-state index contributed by atoms with van der Waals surface area (Å²) in [6, 6.07) is 7.00. The molecule has 2 aromatic rings. The van der Waals surface area contributed by atoms with Gasteiger partial charge < -0.3 is 10.3 Å². The Kier molecular flexibility index (Phi) is 4.85. The minimum atomic E-state index is -0.913. The van der Waals surface area contributed by atoms with Crippen LogP contribution in [0.25, 0.3) is 10.9 Å². The topological polar surface area (TPSA) is 103 Å². The molecule has 2 fully saturated rings. The Morgan fingerprint density at radius 2 is 1.86 bits per heavy atom. The number of carbonyl (C=O) groups excluding carboxylic acids is 4. The normalized spacial score (nSPS) is 17.9. The highest BCUT2D eigenvalue weighted by molar-refractivity contribution is 6.45. The Balaban J connectivity index is 1.32. The number of amides is 5. The van der Waals surface area contributed by atoms with Crippen LogP contribution in [0.4, 0.5) is 4.79 Å². The molecule has 1 saturated carbocycles. The standard InChI is InChI=1S/C20H22N4O4/c25-17(21-10-9-13-11-22-16-8-4-3-7-15(13)16)12-23-18(26)19(27)24(20(23)28)14-5-1-2-6-14/h3-4,7-8,11,14,22H,1-2,5-6,9-10,12H2,(H,21,25). The molecule has 146 valence electrons. The number of imide groups is 2. The molecule has 0 atom stereocenters. The first-order valence-corrected chi connectivity index (χ1v) is 9.57. The van der Waals surface area contributed by atoms with E-state index in [1.54, 1.807) is 0 Å². The van der Waals surface area contributed by atoms with Crippen LogP contribution in [0, 0.1) is 0 Å². The molecule has 1 aliphatic heterocycles. The molecule has 0 bridgehead atoms. The molecule has 2 heterocycles. The van der Waals surface area contributed by atoms with Crippen molar-refractivity contribution in [3.63, 3.8) is 0 Å². The highest BCUT2D eigenvalue weighted by Crippen LogP contribution is 2.27. The SMILES string of the molecule is O=C(CN1C(=O)C(=O)N(C2CCCC2)C1=O)NCCc1c[nH]c2ccccc12. The van der Waals surface area contributed by atoms with Crippen molar-refractivity contribution in [1.29, 1.82) is 0 Å². The Morgan fingerprint density at radius 1 is 1.11 bits per heavy atom. The molecular formula is C20H22N4O4. The van der Waals surface area contributed by atoms with Crippen LogP contribution in [0.5, 0.6) is 0 Å². The quantitative estimate of drug-likeness (QED) is 0.585. The molecule has 1 aliphatic carbocycles. The second-order valence-corrected chi connectivity index (χ2v) is 7.25. The van der Waals surface area contributed by atoms with Gasteiger partial charge in [0.05, 0.1) is 0 Å². The molecule has 2 aliphatic rings.